The number of fused-ring (bicyclic) bond motifs is 1. The summed E-state index contributed by atoms with van der Waals surface area (Å²) in [4.78, 5) is 38.8. The van der Waals surface area contributed by atoms with Crippen LogP contribution in [0.25, 0.3) is 0 Å². The second-order valence-corrected chi connectivity index (χ2v) is 8.13. The average Bonchev–Trinajstić information content (AvgIpc) is 2.98. The smallest absolute Gasteiger partial charge is 0.308 e. The number of carbonyl (C=O) groups is 2. The molecule has 162 valence electrons. The Bertz CT molecular complexity index is 1180. The normalized spacial score (nSPS) is 16.1. The van der Waals surface area contributed by atoms with Gasteiger partial charge in [-0.1, -0.05) is 24.3 Å². The Hall–Kier alpha value is -3.80. The number of para-hydroxylation sites is 2. The summed E-state index contributed by atoms with van der Waals surface area (Å²) in [5.74, 6) is -1.33. The van der Waals surface area contributed by atoms with Gasteiger partial charge in [0.05, 0.1) is 22.8 Å². The zero-order chi connectivity index (χ0) is 22.6. The number of nitrogens with one attached hydrogen (secondary N) is 2. The number of nitrogens with zero attached hydrogens (tertiary/aromatic N) is 2. The van der Waals surface area contributed by atoms with E-state index >= 15 is 0 Å². The van der Waals surface area contributed by atoms with E-state index in [-0.39, 0.29) is 35.1 Å². The number of benzene rings is 2. The van der Waals surface area contributed by atoms with Crippen LogP contribution in [0, 0.1) is 10.1 Å². The van der Waals surface area contributed by atoms with Crippen molar-refractivity contribution in [1.82, 2.24) is 4.72 Å². The second-order valence-electron chi connectivity index (χ2n) is 6.48. The molecule has 2 N–H and O–H groups in total. The second kappa shape index (κ2) is 8.92. The lowest BCUT2D eigenvalue weighted by Crippen LogP contribution is -2.30. The third-order valence-corrected chi connectivity index (χ3v) is 5.68. The number of sulfonamides is 1. The van der Waals surface area contributed by atoms with Gasteiger partial charge in [0, 0.05) is 11.6 Å². The van der Waals surface area contributed by atoms with Crippen LogP contribution in [0.2, 0.25) is 0 Å². The number of anilines is 1. The van der Waals surface area contributed by atoms with Gasteiger partial charge < -0.3 is 10.1 Å². The zero-order valence-corrected chi connectivity index (χ0v) is 17.1. The highest BCUT2D eigenvalue weighted by atomic mass is 32.2. The van der Waals surface area contributed by atoms with Gasteiger partial charge in [-0.3, -0.25) is 29.4 Å². The molecule has 2 aromatic carbocycles. The van der Waals surface area contributed by atoms with Gasteiger partial charge in [-0.15, -0.1) is 0 Å². The Kier molecular flexibility index (Phi) is 6.30. The Morgan fingerprint density at radius 2 is 1.87 bits per heavy atom. The Labute approximate surface area is 177 Å². The largest absolute Gasteiger partial charge is 0.452 e. The Morgan fingerprint density at radius 1 is 1.19 bits per heavy atom. The van der Waals surface area contributed by atoms with Gasteiger partial charge in [-0.2, -0.15) is 0 Å². The van der Waals surface area contributed by atoms with E-state index in [9.17, 15) is 28.1 Å². The van der Waals surface area contributed by atoms with Crippen molar-refractivity contribution in [3.63, 3.8) is 0 Å². The zero-order valence-electron chi connectivity index (χ0n) is 16.3. The molecule has 1 heterocycles. The van der Waals surface area contributed by atoms with E-state index in [2.05, 4.69) is 15.0 Å². The molecule has 0 spiro atoms. The number of nitro groups is 1. The van der Waals surface area contributed by atoms with Gasteiger partial charge in [0.2, 0.25) is 0 Å². The van der Waals surface area contributed by atoms with Crippen LogP contribution in [0.5, 0.6) is 0 Å². The molecule has 31 heavy (non-hydrogen) atoms. The van der Waals surface area contributed by atoms with E-state index in [0.29, 0.717) is 5.56 Å². The van der Waals surface area contributed by atoms with Crippen molar-refractivity contribution in [1.29, 1.82) is 0 Å². The Balaban J connectivity index is 1.55. The fourth-order valence-corrected chi connectivity index (χ4v) is 4.04. The molecule has 1 atom stereocenters. The number of nitro benzene ring substituents is 1. The molecule has 0 aliphatic carbocycles. The van der Waals surface area contributed by atoms with E-state index in [1.165, 1.54) is 37.3 Å². The van der Waals surface area contributed by atoms with Gasteiger partial charge in [-0.25, -0.2) is 8.42 Å². The van der Waals surface area contributed by atoms with Crippen LogP contribution in [0.1, 0.15) is 18.9 Å². The van der Waals surface area contributed by atoms with E-state index < -0.39 is 32.9 Å². The molecule has 12 heteroatoms. The first kappa shape index (κ1) is 21.9. The van der Waals surface area contributed by atoms with Crippen LogP contribution in [-0.4, -0.2) is 43.7 Å². The van der Waals surface area contributed by atoms with Crippen molar-refractivity contribution in [2.24, 2.45) is 4.99 Å². The summed E-state index contributed by atoms with van der Waals surface area (Å²) in [7, 11) is -3.67. The number of rotatable bonds is 7. The van der Waals surface area contributed by atoms with Crippen LogP contribution >= 0.6 is 0 Å². The predicted octanol–water partition coefficient (Wildman–Crippen LogP) is 1.59. The molecule has 0 fully saturated rings. The van der Waals surface area contributed by atoms with Gasteiger partial charge >= 0.3 is 5.97 Å². The number of hydrogen-bond donors (Lipinski definition) is 2. The number of amides is 1. The van der Waals surface area contributed by atoms with Gasteiger partial charge in [-0.05, 0) is 25.1 Å². The number of hydrogen-bond acceptors (Lipinski definition) is 8. The lowest BCUT2D eigenvalue weighted by Gasteiger charge is -2.13. The fourth-order valence-electron chi connectivity index (χ4n) is 2.79. The highest BCUT2D eigenvalue weighted by Crippen LogP contribution is 2.24. The van der Waals surface area contributed by atoms with E-state index in [1.54, 1.807) is 18.2 Å². The van der Waals surface area contributed by atoms with Crippen LogP contribution < -0.4 is 10.0 Å². The third kappa shape index (κ3) is 5.04. The number of amidine groups is 1. The number of aliphatic imine (C=N–C) groups is 1. The van der Waals surface area contributed by atoms with Gasteiger partial charge in [0.1, 0.15) is 11.5 Å². The molecule has 0 unspecified atom stereocenters. The molecule has 0 radical (unpaired) electrons. The molecule has 0 bridgehead atoms. The van der Waals surface area contributed by atoms with Crippen LogP contribution in [0.3, 0.4) is 0 Å². The number of esters is 1. The highest BCUT2D eigenvalue weighted by molar-refractivity contribution is 7.90. The van der Waals surface area contributed by atoms with Crippen molar-refractivity contribution >= 4 is 39.1 Å². The maximum Gasteiger partial charge on any atom is 0.308 e. The maximum atomic E-state index is 12.2. The molecule has 0 saturated carbocycles. The summed E-state index contributed by atoms with van der Waals surface area (Å²) in [6.45, 7) is 1.26. The summed E-state index contributed by atoms with van der Waals surface area (Å²) in [5, 5.41) is 13.4. The summed E-state index contributed by atoms with van der Waals surface area (Å²) >= 11 is 0. The quantitative estimate of drug-likeness (QED) is 0.371. The highest BCUT2D eigenvalue weighted by Gasteiger charge is 2.30. The SMILES string of the molecule is C[C@@H](OC(=O)CCN=C1NS(=O)(=O)c2ccccc21)C(=O)Nc1ccccc1[N+](=O)[O-]. The molecule has 2 aromatic rings. The lowest BCUT2D eigenvalue weighted by atomic mass is 10.2. The first-order chi connectivity index (χ1) is 14.7. The van der Waals surface area contributed by atoms with E-state index in [4.69, 9.17) is 4.74 Å². The minimum Gasteiger partial charge on any atom is -0.452 e. The maximum absolute atomic E-state index is 12.2. The summed E-state index contributed by atoms with van der Waals surface area (Å²) in [5.41, 5.74) is 0.108. The summed E-state index contributed by atoms with van der Waals surface area (Å²) in [6, 6.07) is 11.9. The molecular formula is C19H18N4O7S. The number of ether oxygens (including phenoxy) is 1. The lowest BCUT2D eigenvalue weighted by molar-refractivity contribution is -0.383. The molecule has 1 aliphatic heterocycles. The van der Waals surface area contributed by atoms with Crippen molar-refractivity contribution in [3.8, 4) is 0 Å². The molecule has 1 amide bonds. The third-order valence-electron chi connectivity index (χ3n) is 4.28. The standard InChI is InChI=1S/C19H18N4O7S/c1-12(19(25)21-14-7-3-4-8-15(14)23(26)27)30-17(24)10-11-20-18-13-6-2-5-9-16(13)31(28,29)22-18/h2-9,12H,10-11H2,1H3,(H,20,22)(H,21,25)/t12-/m1/s1. The molecule has 0 saturated heterocycles. The minimum absolute atomic E-state index is 0.0148. The van der Waals surface area contributed by atoms with Crippen molar-refractivity contribution in [3.05, 3.63) is 64.2 Å². The van der Waals surface area contributed by atoms with Crippen molar-refractivity contribution < 1.29 is 27.7 Å². The average molecular weight is 446 g/mol. The molecule has 11 nitrogen and oxygen atoms in total. The Morgan fingerprint density at radius 3 is 2.61 bits per heavy atom. The molecule has 1 aliphatic rings. The topological polar surface area (TPSA) is 157 Å². The molecular weight excluding hydrogens is 428 g/mol. The number of carbonyl (C=O) groups excluding carboxylic acids is 2. The van der Waals surface area contributed by atoms with Gasteiger partial charge in [0.15, 0.2) is 6.10 Å². The van der Waals surface area contributed by atoms with E-state index in [1.807, 2.05) is 0 Å². The monoisotopic (exact) mass is 446 g/mol. The van der Waals surface area contributed by atoms with E-state index in [0.717, 1.165) is 0 Å². The fraction of sp³-hybridized carbons (Fsp3) is 0.211. The van der Waals surface area contributed by atoms with Crippen LogP contribution in [0.15, 0.2) is 58.4 Å². The summed E-state index contributed by atoms with van der Waals surface area (Å²) in [6.07, 6.45) is -1.40. The molecule has 3 rings (SSSR count). The molecule has 0 aromatic heterocycles. The van der Waals surface area contributed by atoms with Crippen molar-refractivity contribution in [2.75, 3.05) is 11.9 Å². The van der Waals surface area contributed by atoms with Crippen LogP contribution in [0.4, 0.5) is 11.4 Å². The van der Waals surface area contributed by atoms with Crippen molar-refractivity contribution in [2.45, 2.75) is 24.3 Å². The first-order valence-corrected chi connectivity index (χ1v) is 10.6. The van der Waals surface area contributed by atoms with Crippen LogP contribution in [-0.2, 0) is 24.3 Å². The first-order valence-electron chi connectivity index (χ1n) is 9.09. The predicted molar refractivity (Wildman–Crippen MR) is 110 cm³/mol. The van der Waals surface area contributed by atoms with Gasteiger partial charge in [0.25, 0.3) is 21.6 Å². The summed E-state index contributed by atoms with van der Waals surface area (Å²) < 4.78 is 31.4. The minimum atomic E-state index is -3.67.